The van der Waals surface area contributed by atoms with E-state index in [9.17, 15) is 9.90 Å². The van der Waals surface area contributed by atoms with Crippen molar-refractivity contribution in [3.63, 3.8) is 0 Å². The molecule has 0 fully saturated rings. The number of pyridine rings is 1. The van der Waals surface area contributed by atoms with Gasteiger partial charge in [0, 0.05) is 18.0 Å². The first-order valence-electron chi connectivity index (χ1n) is 4.43. The molecule has 0 saturated heterocycles. The fourth-order valence-corrected chi connectivity index (χ4v) is 1.32. The van der Waals surface area contributed by atoms with Crippen LogP contribution in [0.25, 0.3) is 0 Å². The number of carboxylic acid groups (broad SMARTS) is 1. The molecule has 1 aromatic rings. The summed E-state index contributed by atoms with van der Waals surface area (Å²) in [6.07, 6.45) is 3.13. The highest BCUT2D eigenvalue weighted by molar-refractivity contribution is 5.68. The Morgan fingerprint density at radius 2 is 2.36 bits per heavy atom. The molecule has 0 radical (unpaired) electrons. The lowest BCUT2D eigenvalue weighted by atomic mass is 9.89. The van der Waals surface area contributed by atoms with Crippen molar-refractivity contribution >= 4 is 5.97 Å². The molecule has 1 rings (SSSR count). The van der Waals surface area contributed by atoms with Crippen molar-refractivity contribution in [2.24, 2.45) is 0 Å². The molecule has 1 heterocycles. The van der Waals surface area contributed by atoms with E-state index in [1.165, 1.54) is 6.20 Å². The topological polar surface area (TPSA) is 70.4 Å². The van der Waals surface area contributed by atoms with Gasteiger partial charge >= 0.3 is 5.97 Å². The molecule has 0 aliphatic rings. The molecule has 0 spiro atoms. The molecule has 0 aliphatic carbocycles. The van der Waals surface area contributed by atoms with Gasteiger partial charge < -0.3 is 10.2 Å². The van der Waals surface area contributed by atoms with Gasteiger partial charge in [0.2, 0.25) is 0 Å². The molecule has 14 heavy (non-hydrogen) atoms. The van der Waals surface area contributed by atoms with Gasteiger partial charge in [-0.2, -0.15) is 0 Å². The van der Waals surface area contributed by atoms with E-state index in [1.807, 2.05) is 0 Å². The van der Waals surface area contributed by atoms with Crippen LogP contribution in [0, 0.1) is 0 Å². The lowest BCUT2D eigenvalue weighted by Crippen LogP contribution is -2.28. The van der Waals surface area contributed by atoms with Gasteiger partial charge in [-0.1, -0.05) is 13.0 Å². The summed E-state index contributed by atoms with van der Waals surface area (Å²) in [4.78, 5) is 14.4. The van der Waals surface area contributed by atoms with Crippen molar-refractivity contribution in [1.29, 1.82) is 0 Å². The smallest absolute Gasteiger partial charge is 0.306 e. The van der Waals surface area contributed by atoms with Crippen LogP contribution in [0.3, 0.4) is 0 Å². The number of aliphatic hydroxyl groups is 1. The van der Waals surface area contributed by atoms with Gasteiger partial charge in [0.05, 0.1) is 6.42 Å². The summed E-state index contributed by atoms with van der Waals surface area (Å²) >= 11 is 0. The van der Waals surface area contributed by atoms with E-state index < -0.39 is 11.6 Å². The van der Waals surface area contributed by atoms with Crippen LogP contribution >= 0.6 is 0 Å². The number of hydrogen-bond acceptors (Lipinski definition) is 3. The number of aliphatic carboxylic acids is 1. The SMILES string of the molecule is CCC(O)(CC(=O)O)c1cccnc1. The second-order valence-electron chi connectivity index (χ2n) is 3.20. The third-order valence-electron chi connectivity index (χ3n) is 2.23. The lowest BCUT2D eigenvalue weighted by Gasteiger charge is -2.24. The van der Waals surface area contributed by atoms with Crippen LogP contribution in [0.2, 0.25) is 0 Å². The predicted octanol–water partition coefficient (Wildman–Crippen LogP) is 1.15. The summed E-state index contributed by atoms with van der Waals surface area (Å²) in [5, 5.41) is 18.7. The van der Waals surface area contributed by atoms with Crippen molar-refractivity contribution in [2.45, 2.75) is 25.4 Å². The van der Waals surface area contributed by atoms with Gasteiger partial charge in [-0.05, 0) is 12.5 Å². The van der Waals surface area contributed by atoms with Crippen LogP contribution < -0.4 is 0 Å². The molecule has 0 aliphatic heterocycles. The second kappa shape index (κ2) is 4.19. The van der Waals surface area contributed by atoms with Crippen LogP contribution in [-0.2, 0) is 10.4 Å². The first kappa shape index (κ1) is 10.7. The number of nitrogens with zero attached hydrogens (tertiary/aromatic N) is 1. The standard InChI is InChI=1S/C10H13NO3/c1-2-10(14,6-9(12)13)8-4-3-5-11-7-8/h3-5,7,14H,2,6H2,1H3,(H,12,13). The van der Waals surface area contributed by atoms with Gasteiger partial charge in [0.25, 0.3) is 0 Å². The maximum Gasteiger partial charge on any atom is 0.306 e. The summed E-state index contributed by atoms with van der Waals surface area (Å²) < 4.78 is 0. The van der Waals surface area contributed by atoms with Gasteiger partial charge in [0.15, 0.2) is 0 Å². The van der Waals surface area contributed by atoms with E-state index in [4.69, 9.17) is 5.11 Å². The molecule has 4 heteroatoms. The molecular weight excluding hydrogens is 182 g/mol. The fraction of sp³-hybridized carbons (Fsp3) is 0.400. The third kappa shape index (κ3) is 2.29. The third-order valence-corrected chi connectivity index (χ3v) is 2.23. The van der Waals surface area contributed by atoms with Crippen LogP contribution in [0.15, 0.2) is 24.5 Å². The highest BCUT2D eigenvalue weighted by atomic mass is 16.4. The Morgan fingerprint density at radius 3 is 2.79 bits per heavy atom. The van der Waals surface area contributed by atoms with Crippen molar-refractivity contribution in [3.8, 4) is 0 Å². The van der Waals surface area contributed by atoms with Crippen molar-refractivity contribution in [3.05, 3.63) is 30.1 Å². The van der Waals surface area contributed by atoms with Crippen molar-refractivity contribution in [2.75, 3.05) is 0 Å². The minimum atomic E-state index is -1.31. The van der Waals surface area contributed by atoms with Crippen LogP contribution in [0.4, 0.5) is 0 Å². The molecule has 76 valence electrons. The Kier molecular flexibility index (Phi) is 3.19. The number of aromatic nitrogens is 1. The monoisotopic (exact) mass is 195 g/mol. The van der Waals surface area contributed by atoms with E-state index >= 15 is 0 Å². The molecule has 0 bridgehead atoms. The summed E-state index contributed by atoms with van der Waals surface area (Å²) in [6.45, 7) is 1.75. The van der Waals surface area contributed by atoms with Gasteiger partial charge in [-0.15, -0.1) is 0 Å². The van der Waals surface area contributed by atoms with Crippen LogP contribution in [-0.4, -0.2) is 21.2 Å². The van der Waals surface area contributed by atoms with E-state index in [-0.39, 0.29) is 6.42 Å². The van der Waals surface area contributed by atoms with Crippen molar-refractivity contribution < 1.29 is 15.0 Å². The quantitative estimate of drug-likeness (QED) is 0.756. The van der Waals surface area contributed by atoms with Gasteiger partial charge in [-0.3, -0.25) is 9.78 Å². The highest BCUT2D eigenvalue weighted by Gasteiger charge is 2.30. The fourth-order valence-electron chi connectivity index (χ4n) is 1.32. The van der Waals surface area contributed by atoms with E-state index in [2.05, 4.69) is 4.98 Å². The summed E-state index contributed by atoms with van der Waals surface area (Å²) in [5.74, 6) is -1.02. The van der Waals surface area contributed by atoms with Crippen LogP contribution in [0.1, 0.15) is 25.3 Å². The van der Waals surface area contributed by atoms with E-state index in [0.29, 0.717) is 12.0 Å². The Morgan fingerprint density at radius 1 is 1.64 bits per heavy atom. The second-order valence-corrected chi connectivity index (χ2v) is 3.20. The largest absolute Gasteiger partial charge is 0.481 e. The number of carbonyl (C=O) groups is 1. The molecule has 0 saturated carbocycles. The molecule has 2 N–H and O–H groups in total. The zero-order valence-electron chi connectivity index (χ0n) is 7.97. The van der Waals surface area contributed by atoms with Crippen molar-refractivity contribution in [1.82, 2.24) is 4.98 Å². The van der Waals surface area contributed by atoms with Gasteiger partial charge in [0.1, 0.15) is 5.60 Å². The predicted molar refractivity (Wildman–Crippen MR) is 50.7 cm³/mol. The molecule has 0 amide bonds. The Labute approximate surface area is 82.2 Å². The number of rotatable bonds is 4. The summed E-state index contributed by atoms with van der Waals surface area (Å²) in [5.41, 5.74) is -0.759. The first-order chi connectivity index (χ1) is 6.58. The summed E-state index contributed by atoms with van der Waals surface area (Å²) in [7, 11) is 0. The summed E-state index contributed by atoms with van der Waals surface area (Å²) in [6, 6.07) is 3.36. The average molecular weight is 195 g/mol. The minimum absolute atomic E-state index is 0.296. The maximum atomic E-state index is 10.6. The molecule has 1 aromatic heterocycles. The molecular formula is C10H13NO3. The molecule has 1 unspecified atom stereocenters. The average Bonchev–Trinajstić information content (AvgIpc) is 2.18. The van der Waals surface area contributed by atoms with Gasteiger partial charge in [-0.25, -0.2) is 0 Å². The molecule has 4 nitrogen and oxygen atoms in total. The lowest BCUT2D eigenvalue weighted by molar-refractivity contribution is -0.143. The van der Waals surface area contributed by atoms with E-state index in [0.717, 1.165) is 0 Å². The normalized spacial score (nSPS) is 14.7. The first-order valence-corrected chi connectivity index (χ1v) is 4.43. The Hall–Kier alpha value is -1.42. The Balaban J connectivity index is 2.95. The highest BCUT2D eigenvalue weighted by Crippen LogP contribution is 2.27. The minimum Gasteiger partial charge on any atom is -0.481 e. The zero-order valence-corrected chi connectivity index (χ0v) is 7.97. The van der Waals surface area contributed by atoms with Crippen LogP contribution in [0.5, 0.6) is 0 Å². The Bertz CT molecular complexity index is 312. The molecule has 0 aromatic carbocycles. The molecule has 1 atom stereocenters. The number of hydrogen-bond donors (Lipinski definition) is 2. The number of carboxylic acids is 1. The van der Waals surface area contributed by atoms with E-state index in [1.54, 1.807) is 25.3 Å². The zero-order chi connectivity index (χ0) is 10.6. The maximum absolute atomic E-state index is 10.6.